The van der Waals surface area contributed by atoms with E-state index in [1.165, 1.54) is 7.11 Å². The van der Waals surface area contributed by atoms with Crippen molar-refractivity contribution in [3.63, 3.8) is 0 Å². The minimum atomic E-state index is -0.548. The second-order valence-electron chi connectivity index (χ2n) is 6.40. The molecule has 3 unspecified atom stereocenters. The Bertz CT molecular complexity index is 359. The van der Waals surface area contributed by atoms with Crippen molar-refractivity contribution in [2.75, 3.05) is 33.4 Å². The van der Waals surface area contributed by atoms with Gasteiger partial charge in [0.15, 0.2) is 0 Å². The summed E-state index contributed by atoms with van der Waals surface area (Å²) in [6, 6.07) is 0.391. The molecule has 0 aromatic heterocycles. The molecule has 1 aliphatic carbocycles. The maximum atomic E-state index is 12.5. The lowest BCUT2D eigenvalue weighted by atomic mass is 9.90. The lowest BCUT2D eigenvalue weighted by Gasteiger charge is -2.44. The first kappa shape index (κ1) is 16.7. The summed E-state index contributed by atoms with van der Waals surface area (Å²) in [5.41, 5.74) is -0.548. The fraction of sp³-hybridized carbons (Fsp3) is 0.938. The number of esters is 1. The summed E-state index contributed by atoms with van der Waals surface area (Å²) >= 11 is 0. The van der Waals surface area contributed by atoms with Crippen LogP contribution in [0.25, 0.3) is 0 Å². The molecule has 2 aliphatic rings. The number of hydrogen-bond acceptors (Lipinski definition) is 5. The van der Waals surface area contributed by atoms with Crippen molar-refractivity contribution in [2.45, 2.75) is 57.7 Å². The highest BCUT2D eigenvalue weighted by Crippen LogP contribution is 2.41. The number of methoxy groups -OCH3 is 1. The number of hydrogen-bond donors (Lipinski definition) is 1. The average Bonchev–Trinajstić information content (AvgIpc) is 3.31. The second-order valence-corrected chi connectivity index (χ2v) is 6.40. The van der Waals surface area contributed by atoms with Crippen LogP contribution in [0.1, 0.15) is 40.0 Å². The van der Waals surface area contributed by atoms with Gasteiger partial charge in [0.1, 0.15) is 5.54 Å². The Labute approximate surface area is 128 Å². The Morgan fingerprint density at radius 3 is 2.67 bits per heavy atom. The fourth-order valence-corrected chi connectivity index (χ4v) is 3.51. The summed E-state index contributed by atoms with van der Waals surface area (Å²) in [5, 5.41) is 3.46. The van der Waals surface area contributed by atoms with Crippen molar-refractivity contribution in [3.8, 4) is 0 Å². The maximum Gasteiger partial charge on any atom is 0.327 e. The molecule has 1 heterocycles. The number of nitrogens with one attached hydrogen (secondary N) is 1. The van der Waals surface area contributed by atoms with Crippen LogP contribution in [-0.2, 0) is 14.3 Å². The van der Waals surface area contributed by atoms with E-state index in [-0.39, 0.29) is 12.1 Å². The fourth-order valence-electron chi connectivity index (χ4n) is 3.51. The molecule has 0 aromatic rings. The average molecular weight is 298 g/mol. The number of carbonyl (C=O) groups is 1. The van der Waals surface area contributed by atoms with Gasteiger partial charge in [-0.2, -0.15) is 0 Å². The van der Waals surface area contributed by atoms with Crippen LogP contribution in [0.5, 0.6) is 0 Å². The van der Waals surface area contributed by atoms with Crippen LogP contribution < -0.4 is 5.32 Å². The zero-order chi connectivity index (χ0) is 15.5. The Morgan fingerprint density at radius 1 is 1.43 bits per heavy atom. The highest BCUT2D eigenvalue weighted by molar-refractivity contribution is 5.82. The third-order valence-electron chi connectivity index (χ3n) is 4.82. The van der Waals surface area contributed by atoms with E-state index < -0.39 is 5.54 Å². The molecule has 1 saturated carbocycles. The number of carbonyl (C=O) groups excluding carboxylic acids is 1. The minimum Gasteiger partial charge on any atom is -0.468 e. The summed E-state index contributed by atoms with van der Waals surface area (Å²) in [7, 11) is 1.50. The van der Waals surface area contributed by atoms with Crippen LogP contribution in [0.4, 0.5) is 0 Å². The molecule has 1 aliphatic heterocycles. The van der Waals surface area contributed by atoms with Gasteiger partial charge in [-0.05, 0) is 38.6 Å². The van der Waals surface area contributed by atoms with Gasteiger partial charge < -0.3 is 14.8 Å². The first-order chi connectivity index (χ1) is 10.1. The van der Waals surface area contributed by atoms with Crippen molar-refractivity contribution in [1.82, 2.24) is 10.2 Å². The van der Waals surface area contributed by atoms with Crippen molar-refractivity contribution in [2.24, 2.45) is 5.92 Å². The molecule has 122 valence electrons. The van der Waals surface area contributed by atoms with E-state index in [4.69, 9.17) is 9.47 Å². The van der Waals surface area contributed by atoms with Gasteiger partial charge in [0.2, 0.25) is 0 Å². The van der Waals surface area contributed by atoms with Gasteiger partial charge in [0.05, 0.1) is 19.8 Å². The molecule has 1 N–H and O–H groups in total. The number of morpholine rings is 1. The summed E-state index contributed by atoms with van der Waals surface area (Å²) in [6.07, 6.45) is 3.49. The van der Waals surface area contributed by atoms with Crippen LogP contribution in [-0.4, -0.2) is 61.9 Å². The number of rotatable bonds is 7. The van der Waals surface area contributed by atoms with Crippen LogP contribution >= 0.6 is 0 Å². The van der Waals surface area contributed by atoms with E-state index in [9.17, 15) is 4.79 Å². The lowest BCUT2D eigenvalue weighted by Crippen LogP contribution is -2.64. The molecule has 5 nitrogen and oxygen atoms in total. The molecule has 0 aromatic carbocycles. The second kappa shape index (κ2) is 7.07. The summed E-state index contributed by atoms with van der Waals surface area (Å²) in [4.78, 5) is 14.9. The molecular weight excluding hydrogens is 268 g/mol. The van der Waals surface area contributed by atoms with E-state index in [0.717, 1.165) is 45.5 Å². The molecule has 0 amide bonds. The van der Waals surface area contributed by atoms with Gasteiger partial charge in [-0.1, -0.05) is 13.8 Å². The van der Waals surface area contributed by atoms with E-state index in [1.807, 2.05) is 0 Å². The Kier molecular flexibility index (Phi) is 5.63. The van der Waals surface area contributed by atoms with E-state index in [0.29, 0.717) is 12.0 Å². The molecule has 5 heteroatoms. The Morgan fingerprint density at radius 2 is 2.14 bits per heavy atom. The predicted octanol–water partition coefficient (Wildman–Crippen LogP) is 1.42. The normalized spacial score (nSPS) is 29.9. The highest BCUT2D eigenvalue weighted by atomic mass is 16.5. The highest BCUT2D eigenvalue weighted by Gasteiger charge is 2.53. The summed E-state index contributed by atoms with van der Waals surface area (Å²) in [5.74, 6) is 0.293. The third kappa shape index (κ3) is 3.58. The molecule has 0 bridgehead atoms. The van der Waals surface area contributed by atoms with E-state index in [1.54, 1.807) is 0 Å². The lowest BCUT2D eigenvalue weighted by molar-refractivity contribution is -0.153. The molecular formula is C16H30N2O3. The monoisotopic (exact) mass is 298 g/mol. The van der Waals surface area contributed by atoms with Gasteiger partial charge in [-0.25, -0.2) is 4.79 Å². The molecule has 2 fully saturated rings. The van der Waals surface area contributed by atoms with Gasteiger partial charge in [0.25, 0.3) is 0 Å². The topological polar surface area (TPSA) is 50.8 Å². The van der Waals surface area contributed by atoms with Crippen LogP contribution in [0.2, 0.25) is 0 Å². The van der Waals surface area contributed by atoms with Gasteiger partial charge in [-0.3, -0.25) is 4.90 Å². The van der Waals surface area contributed by atoms with Crippen molar-refractivity contribution < 1.29 is 14.3 Å². The van der Waals surface area contributed by atoms with Crippen LogP contribution in [0.15, 0.2) is 0 Å². The summed E-state index contributed by atoms with van der Waals surface area (Å²) < 4.78 is 10.9. The van der Waals surface area contributed by atoms with Crippen molar-refractivity contribution >= 4 is 5.97 Å². The molecule has 1 saturated heterocycles. The first-order valence-corrected chi connectivity index (χ1v) is 8.26. The predicted molar refractivity (Wildman–Crippen MR) is 82.2 cm³/mol. The smallest absolute Gasteiger partial charge is 0.327 e. The third-order valence-corrected chi connectivity index (χ3v) is 4.82. The number of ether oxygens (including phenoxy) is 2. The summed E-state index contributed by atoms with van der Waals surface area (Å²) in [6.45, 7) is 9.48. The molecule has 21 heavy (non-hydrogen) atoms. The largest absolute Gasteiger partial charge is 0.468 e. The van der Waals surface area contributed by atoms with Crippen molar-refractivity contribution in [3.05, 3.63) is 0 Å². The minimum absolute atomic E-state index is 0.110. The zero-order valence-corrected chi connectivity index (χ0v) is 13.9. The van der Waals surface area contributed by atoms with Crippen molar-refractivity contribution in [1.29, 1.82) is 0 Å². The SMILES string of the molecule is CCNC(CN1CC(C)OCC1CC)(C(=O)OC)C1CC1. The molecule has 0 radical (unpaired) electrons. The van der Waals surface area contributed by atoms with Crippen LogP contribution in [0, 0.1) is 5.92 Å². The first-order valence-electron chi connectivity index (χ1n) is 8.26. The number of likely N-dealkylation sites (N-methyl/N-ethyl adjacent to an activating group) is 1. The Balaban J connectivity index is 2.18. The van der Waals surface area contributed by atoms with Gasteiger partial charge >= 0.3 is 5.97 Å². The van der Waals surface area contributed by atoms with Crippen LogP contribution in [0.3, 0.4) is 0 Å². The van der Waals surface area contributed by atoms with Gasteiger partial charge in [-0.15, -0.1) is 0 Å². The van der Waals surface area contributed by atoms with E-state index in [2.05, 4.69) is 31.0 Å². The quantitative estimate of drug-likeness (QED) is 0.720. The molecule has 2 rings (SSSR count). The molecule has 0 spiro atoms. The van der Waals surface area contributed by atoms with Gasteiger partial charge in [0, 0.05) is 19.1 Å². The standard InChI is InChI=1S/C16H30N2O3/c1-5-14-10-21-12(3)9-18(14)11-16(17-6-2,13-7-8-13)15(19)20-4/h12-14,17H,5-11H2,1-4H3. The maximum absolute atomic E-state index is 12.5. The Hall–Kier alpha value is -0.650. The number of nitrogens with zero attached hydrogens (tertiary/aromatic N) is 1. The van der Waals surface area contributed by atoms with E-state index >= 15 is 0 Å². The zero-order valence-electron chi connectivity index (χ0n) is 13.9. The molecule has 3 atom stereocenters.